The van der Waals surface area contributed by atoms with Crippen LogP contribution in [0.15, 0.2) is 23.2 Å². The van der Waals surface area contributed by atoms with Crippen molar-refractivity contribution in [2.45, 2.75) is 26.8 Å². The van der Waals surface area contributed by atoms with E-state index in [1.807, 2.05) is 39.1 Å². The molecule has 0 saturated carbocycles. The number of rotatable bonds is 8. The number of ether oxygens (including phenoxy) is 3. The molecule has 148 valence electrons. The molecule has 0 spiro atoms. The van der Waals surface area contributed by atoms with E-state index < -0.39 is 0 Å². The molecule has 1 aromatic carbocycles. The predicted molar refractivity (Wildman–Crippen MR) is 116 cm³/mol. The van der Waals surface area contributed by atoms with Gasteiger partial charge < -0.3 is 24.4 Å². The number of nitrogens with zero attached hydrogens (tertiary/aromatic N) is 2. The number of hydrogen-bond donors (Lipinski definition) is 1. The molecular weight excluding hydrogens is 445 g/mol. The fraction of sp³-hybridized carbons (Fsp3) is 0.632. The number of methoxy groups -OCH3 is 1. The molecule has 1 fully saturated rings. The molecule has 1 aromatic rings. The maximum absolute atomic E-state index is 5.65. The van der Waals surface area contributed by atoms with E-state index in [-0.39, 0.29) is 24.0 Å². The van der Waals surface area contributed by atoms with Crippen LogP contribution in [0.5, 0.6) is 11.5 Å². The lowest BCUT2D eigenvalue weighted by atomic mass is 10.1. The topological polar surface area (TPSA) is 55.3 Å². The van der Waals surface area contributed by atoms with E-state index in [1.165, 1.54) is 0 Å². The van der Waals surface area contributed by atoms with Crippen molar-refractivity contribution in [2.24, 2.45) is 10.9 Å². The third kappa shape index (κ3) is 6.50. The highest BCUT2D eigenvalue weighted by Crippen LogP contribution is 2.28. The molecule has 1 aliphatic heterocycles. The first-order valence-corrected chi connectivity index (χ1v) is 9.04. The summed E-state index contributed by atoms with van der Waals surface area (Å²) in [6.07, 6.45) is 1.15. The van der Waals surface area contributed by atoms with Crippen LogP contribution in [0.25, 0.3) is 0 Å². The van der Waals surface area contributed by atoms with Crippen molar-refractivity contribution in [3.05, 3.63) is 23.8 Å². The summed E-state index contributed by atoms with van der Waals surface area (Å²) >= 11 is 0. The van der Waals surface area contributed by atoms with Crippen molar-refractivity contribution >= 4 is 29.9 Å². The Morgan fingerprint density at radius 2 is 2.08 bits per heavy atom. The number of guanidine groups is 1. The Morgan fingerprint density at radius 1 is 1.27 bits per heavy atom. The van der Waals surface area contributed by atoms with E-state index >= 15 is 0 Å². The van der Waals surface area contributed by atoms with Crippen LogP contribution in [-0.2, 0) is 11.3 Å². The third-order valence-corrected chi connectivity index (χ3v) is 4.33. The van der Waals surface area contributed by atoms with Crippen LogP contribution in [0.4, 0.5) is 0 Å². The Morgan fingerprint density at radius 3 is 2.73 bits per heavy atom. The monoisotopic (exact) mass is 477 g/mol. The standard InChI is InChI=1S/C19H31N3O3.HI/c1-5-24-14-16-9-10-22(13-16)19(20-3)21-12-15-7-8-17(23-4)18(11-15)25-6-2;/h7-8,11,16H,5-6,9-10,12-14H2,1-4H3,(H,20,21);1H. The van der Waals surface area contributed by atoms with Gasteiger partial charge in [-0.15, -0.1) is 24.0 Å². The van der Waals surface area contributed by atoms with Gasteiger partial charge in [0.2, 0.25) is 0 Å². The van der Waals surface area contributed by atoms with Crippen LogP contribution in [-0.4, -0.2) is 57.9 Å². The van der Waals surface area contributed by atoms with Crippen LogP contribution in [0.3, 0.4) is 0 Å². The number of likely N-dealkylation sites (tertiary alicyclic amines) is 1. The average molecular weight is 477 g/mol. The molecule has 26 heavy (non-hydrogen) atoms. The first-order valence-electron chi connectivity index (χ1n) is 9.04. The van der Waals surface area contributed by atoms with Crippen molar-refractivity contribution < 1.29 is 14.2 Å². The SMILES string of the molecule is CCOCC1CCN(C(=NC)NCc2ccc(OC)c(OCC)c2)C1.I. The highest BCUT2D eigenvalue weighted by atomic mass is 127. The molecule has 0 radical (unpaired) electrons. The van der Waals surface area contributed by atoms with Gasteiger partial charge in [0.15, 0.2) is 17.5 Å². The normalized spacial score (nSPS) is 17.0. The van der Waals surface area contributed by atoms with Gasteiger partial charge in [0, 0.05) is 39.2 Å². The lowest BCUT2D eigenvalue weighted by Crippen LogP contribution is -2.39. The predicted octanol–water partition coefficient (Wildman–Crippen LogP) is 3.15. The van der Waals surface area contributed by atoms with Crippen LogP contribution in [0.2, 0.25) is 0 Å². The molecule has 7 heteroatoms. The Hall–Kier alpha value is -1.22. The summed E-state index contributed by atoms with van der Waals surface area (Å²) in [5, 5.41) is 3.45. The van der Waals surface area contributed by atoms with E-state index in [9.17, 15) is 0 Å². The molecule has 1 unspecified atom stereocenters. The van der Waals surface area contributed by atoms with Gasteiger partial charge in [-0.3, -0.25) is 4.99 Å². The first kappa shape index (κ1) is 22.8. The smallest absolute Gasteiger partial charge is 0.193 e. The minimum atomic E-state index is 0. The van der Waals surface area contributed by atoms with E-state index in [2.05, 4.69) is 15.2 Å². The molecule has 1 saturated heterocycles. The maximum Gasteiger partial charge on any atom is 0.193 e. The number of hydrogen-bond acceptors (Lipinski definition) is 4. The Labute approximate surface area is 174 Å². The average Bonchev–Trinajstić information content (AvgIpc) is 3.10. The number of halogens is 1. The van der Waals surface area contributed by atoms with Gasteiger partial charge in [0.1, 0.15) is 0 Å². The van der Waals surface area contributed by atoms with Crippen LogP contribution in [0, 0.1) is 5.92 Å². The fourth-order valence-electron chi connectivity index (χ4n) is 3.06. The molecule has 0 amide bonds. The zero-order valence-corrected chi connectivity index (χ0v) is 18.6. The Balaban J connectivity index is 0.00000338. The molecule has 0 aliphatic carbocycles. The molecule has 0 bridgehead atoms. The molecule has 6 nitrogen and oxygen atoms in total. The van der Waals surface area contributed by atoms with Gasteiger partial charge in [-0.05, 0) is 38.0 Å². The minimum absolute atomic E-state index is 0. The minimum Gasteiger partial charge on any atom is -0.493 e. The highest BCUT2D eigenvalue weighted by Gasteiger charge is 2.24. The molecule has 1 aliphatic rings. The van der Waals surface area contributed by atoms with E-state index in [0.29, 0.717) is 19.1 Å². The summed E-state index contributed by atoms with van der Waals surface area (Å²) in [6.45, 7) is 8.95. The van der Waals surface area contributed by atoms with Crippen molar-refractivity contribution in [2.75, 3.05) is 47.1 Å². The highest BCUT2D eigenvalue weighted by molar-refractivity contribution is 14.0. The van der Waals surface area contributed by atoms with Gasteiger partial charge in [-0.1, -0.05) is 6.07 Å². The molecule has 1 atom stereocenters. The molecule has 0 aromatic heterocycles. The van der Waals surface area contributed by atoms with E-state index in [4.69, 9.17) is 14.2 Å². The first-order chi connectivity index (χ1) is 12.2. The summed E-state index contributed by atoms with van der Waals surface area (Å²) in [6, 6.07) is 6.01. The summed E-state index contributed by atoms with van der Waals surface area (Å²) in [7, 11) is 3.49. The largest absolute Gasteiger partial charge is 0.493 e. The van der Waals surface area contributed by atoms with Gasteiger partial charge >= 0.3 is 0 Å². The second-order valence-corrected chi connectivity index (χ2v) is 6.08. The van der Waals surface area contributed by atoms with Crippen molar-refractivity contribution in [3.8, 4) is 11.5 Å². The lowest BCUT2D eigenvalue weighted by molar-refractivity contribution is 0.114. The third-order valence-electron chi connectivity index (χ3n) is 4.33. The zero-order chi connectivity index (χ0) is 18.1. The van der Waals surface area contributed by atoms with E-state index in [1.54, 1.807) is 7.11 Å². The number of nitrogens with one attached hydrogen (secondary N) is 1. The molecule has 1 heterocycles. The second-order valence-electron chi connectivity index (χ2n) is 6.08. The lowest BCUT2D eigenvalue weighted by Gasteiger charge is -2.22. The fourth-order valence-corrected chi connectivity index (χ4v) is 3.06. The van der Waals surface area contributed by atoms with Crippen molar-refractivity contribution in [1.82, 2.24) is 10.2 Å². The quantitative estimate of drug-likeness (QED) is 0.354. The van der Waals surface area contributed by atoms with Crippen molar-refractivity contribution in [3.63, 3.8) is 0 Å². The Bertz CT molecular complexity index is 569. The van der Waals surface area contributed by atoms with Crippen LogP contribution >= 0.6 is 24.0 Å². The number of aliphatic imine (C=N–C) groups is 1. The zero-order valence-electron chi connectivity index (χ0n) is 16.3. The van der Waals surface area contributed by atoms with Gasteiger partial charge in [-0.25, -0.2) is 0 Å². The molecule has 1 N–H and O–H groups in total. The van der Waals surface area contributed by atoms with E-state index in [0.717, 1.165) is 55.7 Å². The molecular formula is C19H32IN3O3. The van der Waals surface area contributed by atoms with Crippen LogP contribution < -0.4 is 14.8 Å². The maximum atomic E-state index is 5.65. The summed E-state index contributed by atoms with van der Waals surface area (Å²) < 4.78 is 16.5. The van der Waals surface area contributed by atoms with Crippen molar-refractivity contribution in [1.29, 1.82) is 0 Å². The van der Waals surface area contributed by atoms with Crippen LogP contribution in [0.1, 0.15) is 25.8 Å². The van der Waals surface area contributed by atoms with Gasteiger partial charge in [-0.2, -0.15) is 0 Å². The summed E-state index contributed by atoms with van der Waals surface area (Å²) in [5.74, 6) is 3.06. The van der Waals surface area contributed by atoms with Gasteiger partial charge in [0.25, 0.3) is 0 Å². The molecule has 2 rings (SSSR count). The second kappa shape index (κ2) is 12.2. The summed E-state index contributed by atoms with van der Waals surface area (Å²) in [5.41, 5.74) is 1.13. The van der Waals surface area contributed by atoms with Gasteiger partial charge in [0.05, 0.1) is 20.3 Å². The summed E-state index contributed by atoms with van der Waals surface area (Å²) in [4.78, 5) is 6.73. The Kier molecular flexibility index (Phi) is 10.7. The number of benzene rings is 1.